The Morgan fingerprint density at radius 2 is 2.13 bits per heavy atom. The van der Waals surface area contributed by atoms with E-state index in [2.05, 4.69) is 0 Å². The van der Waals surface area contributed by atoms with Gasteiger partial charge in [-0.3, -0.25) is 4.79 Å². The second kappa shape index (κ2) is 6.76. The quantitative estimate of drug-likeness (QED) is 0.798. The minimum atomic E-state index is -3.11. The Balaban J connectivity index is 1.93. The number of nitrogens with zero attached hydrogens (tertiary/aromatic N) is 1. The van der Waals surface area contributed by atoms with Crippen molar-refractivity contribution < 1.29 is 27.9 Å². The summed E-state index contributed by atoms with van der Waals surface area (Å²) in [6.45, 7) is -0.544. The fourth-order valence-electron chi connectivity index (χ4n) is 2.26. The Morgan fingerprint density at radius 3 is 2.74 bits per heavy atom. The van der Waals surface area contributed by atoms with E-state index in [0.717, 1.165) is 0 Å². The number of halogens is 1. The third-order valence-corrected chi connectivity index (χ3v) is 5.64. The monoisotopic (exact) mass is 361 g/mol. The maximum Gasteiger partial charge on any atom is 0.342 e. The summed E-state index contributed by atoms with van der Waals surface area (Å²) in [5.41, 5.74) is -0.142. The molecule has 0 unspecified atom stereocenters. The van der Waals surface area contributed by atoms with E-state index in [4.69, 9.17) is 16.3 Å². The van der Waals surface area contributed by atoms with Gasteiger partial charge in [0.15, 0.2) is 16.4 Å². The minimum absolute atomic E-state index is 0.0471. The summed E-state index contributed by atoms with van der Waals surface area (Å²) < 4.78 is 27.7. The van der Waals surface area contributed by atoms with E-state index in [9.17, 15) is 23.1 Å². The number of likely N-dealkylation sites (N-methyl/N-ethyl adjacent to an activating group) is 1. The lowest BCUT2D eigenvalue weighted by Gasteiger charge is -2.23. The van der Waals surface area contributed by atoms with Crippen LogP contribution in [0.25, 0.3) is 0 Å². The highest BCUT2D eigenvalue weighted by molar-refractivity contribution is 7.91. The van der Waals surface area contributed by atoms with Crippen molar-refractivity contribution in [3.05, 3.63) is 28.8 Å². The van der Waals surface area contributed by atoms with Gasteiger partial charge in [0.1, 0.15) is 11.3 Å². The molecule has 1 saturated heterocycles. The molecule has 9 heteroatoms. The molecule has 1 amide bonds. The molecular weight excluding hydrogens is 346 g/mol. The van der Waals surface area contributed by atoms with Crippen molar-refractivity contribution in [1.82, 2.24) is 4.90 Å². The number of aromatic hydroxyl groups is 1. The Bertz CT molecular complexity index is 733. The van der Waals surface area contributed by atoms with Gasteiger partial charge in [-0.25, -0.2) is 13.2 Å². The van der Waals surface area contributed by atoms with Crippen molar-refractivity contribution in [2.45, 2.75) is 12.5 Å². The molecule has 1 aromatic rings. The standard InChI is InChI=1S/C14H16ClNO6S/c1-16(10-4-5-23(20,21)8-10)13(18)7-22-14(19)11-6-9(15)2-3-12(11)17/h2-3,6,10,17H,4-5,7-8H2,1H3/t10-/m0/s1. The maximum atomic E-state index is 12.0. The molecule has 1 atom stereocenters. The largest absolute Gasteiger partial charge is 0.507 e. The van der Waals surface area contributed by atoms with Crippen LogP contribution in [-0.2, 0) is 19.4 Å². The molecular formula is C14H16ClNO6S. The number of phenols is 1. The number of hydrogen-bond acceptors (Lipinski definition) is 6. The van der Waals surface area contributed by atoms with Gasteiger partial charge < -0.3 is 14.7 Å². The van der Waals surface area contributed by atoms with Crippen LogP contribution in [0, 0.1) is 0 Å². The number of sulfone groups is 1. The molecule has 0 spiro atoms. The van der Waals surface area contributed by atoms with Crippen LogP contribution in [0.2, 0.25) is 5.02 Å². The zero-order valence-electron chi connectivity index (χ0n) is 12.4. The number of benzene rings is 1. The fourth-order valence-corrected chi connectivity index (χ4v) is 4.21. The van der Waals surface area contributed by atoms with E-state index < -0.39 is 34.4 Å². The van der Waals surface area contributed by atoms with Crippen molar-refractivity contribution in [1.29, 1.82) is 0 Å². The fraction of sp³-hybridized carbons (Fsp3) is 0.429. The van der Waals surface area contributed by atoms with Gasteiger partial charge in [0.25, 0.3) is 5.91 Å². The first-order chi connectivity index (χ1) is 10.7. The van der Waals surface area contributed by atoms with Crippen molar-refractivity contribution in [3.8, 4) is 5.75 Å². The molecule has 0 saturated carbocycles. The lowest BCUT2D eigenvalue weighted by Crippen LogP contribution is -2.40. The van der Waals surface area contributed by atoms with Gasteiger partial charge in [-0.15, -0.1) is 0 Å². The second-order valence-corrected chi connectivity index (χ2v) is 7.96. The number of carbonyl (C=O) groups is 2. The number of ether oxygens (including phenoxy) is 1. The number of hydrogen-bond donors (Lipinski definition) is 1. The number of amides is 1. The van der Waals surface area contributed by atoms with Crippen molar-refractivity contribution >= 4 is 33.3 Å². The smallest absolute Gasteiger partial charge is 0.342 e. The van der Waals surface area contributed by atoms with Crippen LogP contribution in [0.15, 0.2) is 18.2 Å². The normalized spacial score (nSPS) is 19.3. The Morgan fingerprint density at radius 1 is 1.43 bits per heavy atom. The second-order valence-electron chi connectivity index (χ2n) is 5.30. The zero-order valence-corrected chi connectivity index (χ0v) is 13.9. The molecule has 1 heterocycles. The molecule has 23 heavy (non-hydrogen) atoms. The lowest BCUT2D eigenvalue weighted by molar-refractivity contribution is -0.134. The van der Waals surface area contributed by atoms with Gasteiger partial charge in [0, 0.05) is 18.1 Å². The molecule has 7 nitrogen and oxygen atoms in total. The summed E-state index contributed by atoms with van der Waals surface area (Å²) >= 11 is 5.74. The molecule has 1 aliphatic heterocycles. The van der Waals surface area contributed by atoms with E-state index in [1.165, 1.54) is 30.1 Å². The van der Waals surface area contributed by atoms with Gasteiger partial charge in [-0.05, 0) is 24.6 Å². The first-order valence-electron chi connectivity index (χ1n) is 6.81. The van der Waals surface area contributed by atoms with Gasteiger partial charge in [0.05, 0.1) is 11.5 Å². The Labute approximate surface area is 138 Å². The third kappa shape index (κ3) is 4.35. The van der Waals surface area contributed by atoms with Crippen LogP contribution in [0.4, 0.5) is 0 Å². The van der Waals surface area contributed by atoms with E-state index >= 15 is 0 Å². The highest BCUT2D eigenvalue weighted by atomic mass is 35.5. The minimum Gasteiger partial charge on any atom is -0.507 e. The van der Waals surface area contributed by atoms with Gasteiger partial charge in [-0.2, -0.15) is 0 Å². The lowest BCUT2D eigenvalue weighted by atomic mass is 10.2. The summed E-state index contributed by atoms with van der Waals surface area (Å²) in [5, 5.41) is 9.83. The number of phenolic OH excluding ortho intramolecular Hbond substituents is 1. The molecule has 0 bridgehead atoms. The molecule has 1 aliphatic rings. The van der Waals surface area contributed by atoms with E-state index in [1.807, 2.05) is 0 Å². The Hall–Kier alpha value is -1.80. The highest BCUT2D eigenvalue weighted by Crippen LogP contribution is 2.22. The summed E-state index contributed by atoms with van der Waals surface area (Å²) in [4.78, 5) is 25.1. The van der Waals surface area contributed by atoms with Gasteiger partial charge >= 0.3 is 5.97 Å². The molecule has 126 valence electrons. The van der Waals surface area contributed by atoms with Crippen molar-refractivity contribution in [2.75, 3.05) is 25.2 Å². The molecule has 0 radical (unpaired) electrons. The Kier molecular flexibility index (Phi) is 5.16. The van der Waals surface area contributed by atoms with Crippen molar-refractivity contribution in [2.24, 2.45) is 0 Å². The van der Waals surface area contributed by atoms with Crippen LogP contribution in [0.5, 0.6) is 5.75 Å². The summed E-state index contributed by atoms with van der Waals surface area (Å²) in [6, 6.07) is 3.48. The van der Waals surface area contributed by atoms with E-state index in [-0.39, 0.29) is 27.8 Å². The van der Waals surface area contributed by atoms with Crippen LogP contribution in [0.1, 0.15) is 16.8 Å². The zero-order chi connectivity index (χ0) is 17.2. The number of esters is 1. The highest BCUT2D eigenvalue weighted by Gasteiger charge is 2.33. The van der Waals surface area contributed by atoms with Crippen LogP contribution in [0.3, 0.4) is 0 Å². The predicted octanol–water partition coefficient (Wildman–Crippen LogP) is 0.848. The molecule has 0 aliphatic carbocycles. The van der Waals surface area contributed by atoms with Crippen LogP contribution in [-0.4, -0.2) is 61.5 Å². The molecule has 1 N–H and O–H groups in total. The van der Waals surface area contributed by atoms with Crippen molar-refractivity contribution in [3.63, 3.8) is 0 Å². The molecule has 2 rings (SSSR count). The van der Waals surface area contributed by atoms with Crippen LogP contribution >= 0.6 is 11.6 Å². The summed E-state index contributed by atoms with van der Waals surface area (Å²) in [5.74, 6) is -1.74. The molecule has 1 fully saturated rings. The van der Waals surface area contributed by atoms with E-state index in [0.29, 0.717) is 6.42 Å². The SMILES string of the molecule is CN(C(=O)COC(=O)c1cc(Cl)ccc1O)[C@H]1CCS(=O)(=O)C1. The number of rotatable bonds is 4. The maximum absolute atomic E-state index is 12.0. The van der Waals surface area contributed by atoms with Gasteiger partial charge in [-0.1, -0.05) is 11.6 Å². The average molecular weight is 362 g/mol. The van der Waals surface area contributed by atoms with Crippen LogP contribution < -0.4 is 0 Å². The number of carbonyl (C=O) groups excluding carboxylic acids is 2. The topological polar surface area (TPSA) is 101 Å². The first-order valence-corrected chi connectivity index (χ1v) is 9.01. The van der Waals surface area contributed by atoms with E-state index in [1.54, 1.807) is 0 Å². The van der Waals surface area contributed by atoms with Gasteiger partial charge in [0.2, 0.25) is 0 Å². The molecule has 0 aromatic heterocycles. The third-order valence-electron chi connectivity index (χ3n) is 3.65. The first kappa shape index (κ1) is 17.6. The average Bonchev–Trinajstić information content (AvgIpc) is 2.86. The summed E-state index contributed by atoms with van der Waals surface area (Å²) in [6.07, 6.45) is 0.369. The summed E-state index contributed by atoms with van der Waals surface area (Å²) in [7, 11) is -1.64. The molecule has 1 aromatic carbocycles. The predicted molar refractivity (Wildman–Crippen MR) is 83.2 cm³/mol.